The maximum absolute atomic E-state index is 11.8. The van der Waals surface area contributed by atoms with Gasteiger partial charge >= 0.3 is 0 Å². The highest BCUT2D eigenvalue weighted by molar-refractivity contribution is 5.92. The van der Waals surface area contributed by atoms with E-state index in [0.29, 0.717) is 17.4 Å². The van der Waals surface area contributed by atoms with Crippen LogP contribution in [-0.2, 0) is 0 Å². The van der Waals surface area contributed by atoms with Crippen LogP contribution in [0.25, 0.3) is 0 Å². The van der Waals surface area contributed by atoms with Gasteiger partial charge in [-0.1, -0.05) is 13.0 Å². The minimum absolute atomic E-state index is 0.0869. The van der Waals surface area contributed by atoms with Gasteiger partial charge in [-0.3, -0.25) is 4.79 Å². The fourth-order valence-corrected chi connectivity index (χ4v) is 1.70. The molecule has 1 aliphatic rings. The summed E-state index contributed by atoms with van der Waals surface area (Å²) >= 11 is 0. The van der Waals surface area contributed by atoms with Crippen molar-refractivity contribution in [2.24, 2.45) is 11.8 Å². The summed E-state index contributed by atoms with van der Waals surface area (Å²) in [6.45, 7) is 2.97. The SMILES string of the molecule is CNc1cccc(C(=O)NCC2CC2C)n1. The van der Waals surface area contributed by atoms with E-state index in [9.17, 15) is 4.79 Å². The molecule has 1 aromatic heterocycles. The number of rotatable bonds is 4. The van der Waals surface area contributed by atoms with Crippen LogP contribution in [0.5, 0.6) is 0 Å². The van der Waals surface area contributed by atoms with Gasteiger partial charge in [0.15, 0.2) is 0 Å². The van der Waals surface area contributed by atoms with Crippen LogP contribution in [0.4, 0.5) is 5.82 Å². The molecule has 1 heterocycles. The predicted molar refractivity (Wildman–Crippen MR) is 63.4 cm³/mol. The van der Waals surface area contributed by atoms with E-state index < -0.39 is 0 Å². The summed E-state index contributed by atoms with van der Waals surface area (Å²) in [4.78, 5) is 15.9. The van der Waals surface area contributed by atoms with Crippen molar-refractivity contribution in [2.45, 2.75) is 13.3 Å². The van der Waals surface area contributed by atoms with Gasteiger partial charge in [0.1, 0.15) is 11.5 Å². The third-order valence-corrected chi connectivity index (χ3v) is 3.04. The number of anilines is 1. The van der Waals surface area contributed by atoms with Gasteiger partial charge in [0, 0.05) is 13.6 Å². The second-order valence-corrected chi connectivity index (χ2v) is 4.34. The van der Waals surface area contributed by atoms with Crippen LogP contribution in [0.2, 0.25) is 0 Å². The number of carbonyl (C=O) groups excluding carboxylic acids is 1. The maximum Gasteiger partial charge on any atom is 0.269 e. The molecule has 0 radical (unpaired) electrons. The highest BCUT2D eigenvalue weighted by Crippen LogP contribution is 2.36. The average Bonchev–Trinajstić information content (AvgIpc) is 3.02. The molecule has 1 saturated carbocycles. The van der Waals surface area contributed by atoms with E-state index in [1.54, 1.807) is 13.1 Å². The molecule has 2 atom stereocenters. The molecule has 4 heteroatoms. The molecule has 2 N–H and O–H groups in total. The molecule has 0 aliphatic heterocycles. The second kappa shape index (κ2) is 4.51. The summed E-state index contributed by atoms with van der Waals surface area (Å²) in [5.41, 5.74) is 0.472. The first kappa shape index (κ1) is 10.9. The van der Waals surface area contributed by atoms with E-state index >= 15 is 0 Å². The number of hydrogen-bond acceptors (Lipinski definition) is 3. The minimum atomic E-state index is -0.0869. The number of amides is 1. The van der Waals surface area contributed by atoms with E-state index in [1.165, 1.54) is 6.42 Å². The normalized spacial score (nSPS) is 22.6. The molecule has 1 aliphatic carbocycles. The van der Waals surface area contributed by atoms with Gasteiger partial charge in [0.2, 0.25) is 0 Å². The van der Waals surface area contributed by atoms with Crippen molar-refractivity contribution in [3.05, 3.63) is 23.9 Å². The topological polar surface area (TPSA) is 54.0 Å². The van der Waals surface area contributed by atoms with Crippen molar-refractivity contribution in [3.63, 3.8) is 0 Å². The van der Waals surface area contributed by atoms with Gasteiger partial charge in [-0.2, -0.15) is 0 Å². The smallest absolute Gasteiger partial charge is 0.269 e. The Bertz CT molecular complexity index is 392. The van der Waals surface area contributed by atoms with Crippen molar-refractivity contribution in [1.82, 2.24) is 10.3 Å². The molecule has 0 spiro atoms. The summed E-state index contributed by atoms with van der Waals surface area (Å²) in [6.07, 6.45) is 1.23. The Balaban J connectivity index is 1.92. The lowest BCUT2D eigenvalue weighted by Crippen LogP contribution is -2.26. The van der Waals surface area contributed by atoms with Gasteiger partial charge in [-0.25, -0.2) is 4.98 Å². The molecule has 4 nitrogen and oxygen atoms in total. The Kier molecular flexibility index (Phi) is 3.08. The summed E-state index contributed by atoms with van der Waals surface area (Å²) in [6, 6.07) is 5.39. The van der Waals surface area contributed by atoms with Crippen molar-refractivity contribution >= 4 is 11.7 Å². The zero-order valence-electron chi connectivity index (χ0n) is 9.66. The van der Waals surface area contributed by atoms with E-state index in [4.69, 9.17) is 0 Å². The van der Waals surface area contributed by atoms with E-state index in [-0.39, 0.29) is 5.91 Å². The number of aromatic nitrogens is 1. The molecule has 16 heavy (non-hydrogen) atoms. The minimum Gasteiger partial charge on any atom is -0.373 e. The highest BCUT2D eigenvalue weighted by Gasteiger charge is 2.32. The fraction of sp³-hybridized carbons (Fsp3) is 0.500. The molecule has 0 saturated heterocycles. The van der Waals surface area contributed by atoms with E-state index in [0.717, 1.165) is 12.5 Å². The highest BCUT2D eigenvalue weighted by atomic mass is 16.1. The predicted octanol–water partition coefficient (Wildman–Crippen LogP) is 1.51. The lowest BCUT2D eigenvalue weighted by Gasteiger charge is -2.05. The monoisotopic (exact) mass is 219 g/mol. The Hall–Kier alpha value is -1.58. The Morgan fingerprint density at radius 2 is 2.31 bits per heavy atom. The van der Waals surface area contributed by atoms with Gasteiger partial charge in [0.25, 0.3) is 5.91 Å². The lowest BCUT2D eigenvalue weighted by atomic mass is 10.3. The third kappa shape index (κ3) is 2.51. The Morgan fingerprint density at radius 1 is 1.56 bits per heavy atom. The number of nitrogens with zero attached hydrogens (tertiary/aromatic N) is 1. The number of pyridine rings is 1. The Labute approximate surface area is 95.5 Å². The van der Waals surface area contributed by atoms with E-state index in [1.807, 2.05) is 12.1 Å². The van der Waals surface area contributed by atoms with Crippen LogP contribution in [0.1, 0.15) is 23.8 Å². The molecular formula is C12H17N3O. The molecule has 0 bridgehead atoms. The number of nitrogens with one attached hydrogen (secondary N) is 2. The van der Waals surface area contributed by atoms with Gasteiger partial charge < -0.3 is 10.6 Å². The second-order valence-electron chi connectivity index (χ2n) is 4.34. The average molecular weight is 219 g/mol. The van der Waals surface area contributed by atoms with Gasteiger partial charge in [-0.05, 0) is 30.4 Å². The first-order valence-electron chi connectivity index (χ1n) is 5.63. The van der Waals surface area contributed by atoms with Crippen LogP contribution < -0.4 is 10.6 Å². The summed E-state index contributed by atoms with van der Waals surface area (Å²) in [5.74, 6) is 2.05. The standard InChI is InChI=1S/C12H17N3O/c1-8-6-9(8)7-14-12(16)10-4-3-5-11(13-2)15-10/h3-5,8-9H,6-7H2,1-2H3,(H,13,15)(H,14,16). The van der Waals surface area contributed by atoms with Crippen LogP contribution in [0, 0.1) is 11.8 Å². The molecule has 1 amide bonds. The first-order chi connectivity index (χ1) is 7.70. The molecule has 1 fully saturated rings. The van der Waals surface area contributed by atoms with Crippen molar-refractivity contribution < 1.29 is 4.79 Å². The lowest BCUT2D eigenvalue weighted by molar-refractivity contribution is 0.0946. The van der Waals surface area contributed by atoms with Gasteiger partial charge in [0.05, 0.1) is 0 Å². The number of hydrogen-bond donors (Lipinski definition) is 2. The molecular weight excluding hydrogens is 202 g/mol. The third-order valence-electron chi connectivity index (χ3n) is 3.04. The fourth-order valence-electron chi connectivity index (χ4n) is 1.70. The van der Waals surface area contributed by atoms with Crippen molar-refractivity contribution in [3.8, 4) is 0 Å². The van der Waals surface area contributed by atoms with Crippen LogP contribution in [0.3, 0.4) is 0 Å². The van der Waals surface area contributed by atoms with Crippen molar-refractivity contribution in [2.75, 3.05) is 18.9 Å². The first-order valence-corrected chi connectivity index (χ1v) is 5.63. The van der Waals surface area contributed by atoms with E-state index in [2.05, 4.69) is 22.5 Å². The summed E-state index contributed by atoms with van der Waals surface area (Å²) in [5, 5.41) is 5.83. The molecule has 2 rings (SSSR count). The molecule has 1 aromatic rings. The number of carbonyl (C=O) groups is 1. The van der Waals surface area contributed by atoms with Crippen LogP contribution in [0.15, 0.2) is 18.2 Å². The van der Waals surface area contributed by atoms with Crippen LogP contribution in [-0.4, -0.2) is 24.5 Å². The summed E-state index contributed by atoms with van der Waals surface area (Å²) < 4.78 is 0. The summed E-state index contributed by atoms with van der Waals surface area (Å²) in [7, 11) is 1.79. The van der Waals surface area contributed by atoms with Crippen molar-refractivity contribution in [1.29, 1.82) is 0 Å². The molecule has 0 aromatic carbocycles. The quantitative estimate of drug-likeness (QED) is 0.807. The zero-order valence-corrected chi connectivity index (χ0v) is 9.66. The molecule has 2 unspecified atom stereocenters. The van der Waals surface area contributed by atoms with Crippen LogP contribution >= 0.6 is 0 Å². The largest absolute Gasteiger partial charge is 0.373 e. The molecule has 86 valence electrons. The zero-order chi connectivity index (χ0) is 11.5. The van der Waals surface area contributed by atoms with Gasteiger partial charge in [-0.15, -0.1) is 0 Å². The maximum atomic E-state index is 11.8. The Morgan fingerprint density at radius 3 is 2.94 bits per heavy atom.